The predicted octanol–water partition coefficient (Wildman–Crippen LogP) is 2.25. The Morgan fingerprint density at radius 1 is 1.00 bits per heavy atom. The lowest BCUT2D eigenvalue weighted by Crippen LogP contribution is -1.98. The normalized spacial score (nSPS) is 9.60. The maximum atomic E-state index is 11.2. The lowest BCUT2D eigenvalue weighted by molar-refractivity contribution is 0.109. The predicted molar refractivity (Wildman–Crippen MR) is 59.4 cm³/mol. The van der Waals surface area contributed by atoms with Gasteiger partial charge >= 0.3 is 0 Å². The molecule has 0 bridgehead atoms. The van der Waals surface area contributed by atoms with E-state index in [0.29, 0.717) is 22.8 Å². The van der Waals surface area contributed by atoms with Crippen molar-refractivity contribution in [2.45, 2.75) is 0 Å². The van der Waals surface area contributed by atoms with Crippen LogP contribution in [0.2, 0.25) is 0 Å². The molecule has 0 amide bonds. The number of hydrogen-bond donors (Lipinski definition) is 0. The fraction of sp³-hybridized carbons (Fsp3) is 0.300. The van der Waals surface area contributed by atoms with Crippen LogP contribution in [0.4, 0.5) is 0 Å². The van der Waals surface area contributed by atoms with Gasteiger partial charge in [0.05, 0.1) is 26.9 Å². The van der Waals surface area contributed by atoms with E-state index in [0.717, 1.165) is 0 Å². The lowest BCUT2D eigenvalue weighted by atomic mass is 10.2. The van der Waals surface area contributed by atoms with Crippen molar-refractivity contribution in [3.8, 4) is 17.2 Å². The fourth-order valence-electron chi connectivity index (χ4n) is 1.18. The van der Waals surface area contributed by atoms with E-state index in [1.54, 1.807) is 12.1 Å². The van der Waals surface area contributed by atoms with Crippen molar-refractivity contribution >= 4 is 20.6 Å². The van der Waals surface area contributed by atoms with E-state index in [2.05, 4.69) is 15.9 Å². The molecule has 0 spiro atoms. The second-order valence-corrected chi connectivity index (χ2v) is 3.40. The summed E-state index contributed by atoms with van der Waals surface area (Å²) in [6, 6.07) is 3.17. The van der Waals surface area contributed by atoms with Gasteiger partial charge in [-0.15, -0.1) is 0 Å². The minimum atomic E-state index is -0.264. The second-order valence-electron chi connectivity index (χ2n) is 2.68. The van der Waals surface area contributed by atoms with Gasteiger partial charge in [-0.25, -0.2) is 0 Å². The molecule has 0 radical (unpaired) electrons. The molecule has 0 atom stereocenters. The van der Waals surface area contributed by atoms with E-state index in [-0.39, 0.29) is 4.69 Å². The Bertz CT molecular complexity index is 376. The van der Waals surface area contributed by atoms with Crippen LogP contribution in [0.1, 0.15) is 10.4 Å². The van der Waals surface area contributed by atoms with E-state index in [4.69, 9.17) is 14.2 Å². The highest BCUT2D eigenvalue weighted by molar-refractivity contribution is 9.18. The number of hydrogen-bond acceptors (Lipinski definition) is 4. The molecule has 1 aromatic carbocycles. The Labute approximate surface area is 96.3 Å². The summed E-state index contributed by atoms with van der Waals surface area (Å²) in [6.45, 7) is 0. The Morgan fingerprint density at radius 3 is 1.87 bits per heavy atom. The van der Waals surface area contributed by atoms with E-state index in [9.17, 15) is 4.79 Å². The first-order valence-electron chi connectivity index (χ1n) is 4.13. The summed E-state index contributed by atoms with van der Waals surface area (Å²) >= 11 is 2.87. The van der Waals surface area contributed by atoms with Crippen LogP contribution in [-0.2, 0) is 0 Å². The summed E-state index contributed by atoms with van der Waals surface area (Å²) in [5.74, 6) is 1.45. The molecule has 1 aromatic rings. The van der Waals surface area contributed by atoms with Crippen LogP contribution in [0.3, 0.4) is 0 Å². The minimum Gasteiger partial charge on any atom is -0.496 e. The van der Waals surface area contributed by atoms with E-state index in [1.165, 1.54) is 21.3 Å². The SMILES string of the molecule is COc1cc(OC)c(C(=O)Br)cc1OC. The van der Waals surface area contributed by atoms with Gasteiger partial charge in [0.2, 0.25) is 4.69 Å². The molecule has 0 unspecified atom stereocenters. The molecule has 0 saturated carbocycles. The first kappa shape index (κ1) is 11.8. The van der Waals surface area contributed by atoms with Crippen LogP contribution in [0.25, 0.3) is 0 Å². The topological polar surface area (TPSA) is 44.8 Å². The maximum Gasteiger partial charge on any atom is 0.231 e. The molecule has 0 aliphatic rings. The Kier molecular flexibility index (Phi) is 3.96. The van der Waals surface area contributed by atoms with Gasteiger partial charge in [-0.3, -0.25) is 4.79 Å². The van der Waals surface area contributed by atoms with Crippen molar-refractivity contribution < 1.29 is 19.0 Å². The van der Waals surface area contributed by atoms with E-state index in [1.807, 2.05) is 0 Å². The van der Waals surface area contributed by atoms with Crippen molar-refractivity contribution in [3.63, 3.8) is 0 Å². The standard InChI is InChI=1S/C10H11BrO4/c1-13-7-5-9(15-3)8(14-2)4-6(7)10(11)12/h4-5H,1-3H3. The molecule has 1 rings (SSSR count). The van der Waals surface area contributed by atoms with Crippen molar-refractivity contribution in [1.82, 2.24) is 0 Å². The van der Waals surface area contributed by atoms with Crippen molar-refractivity contribution in [2.24, 2.45) is 0 Å². The molecule has 4 nitrogen and oxygen atoms in total. The Morgan fingerprint density at radius 2 is 1.47 bits per heavy atom. The van der Waals surface area contributed by atoms with Crippen LogP contribution in [-0.4, -0.2) is 26.0 Å². The number of ether oxygens (including phenoxy) is 3. The van der Waals surface area contributed by atoms with Gasteiger partial charge in [-0.1, -0.05) is 0 Å². The fourth-order valence-corrected chi connectivity index (χ4v) is 1.49. The minimum absolute atomic E-state index is 0.264. The largest absolute Gasteiger partial charge is 0.496 e. The molecule has 0 heterocycles. The van der Waals surface area contributed by atoms with Crippen LogP contribution in [0.15, 0.2) is 12.1 Å². The second kappa shape index (κ2) is 5.02. The number of rotatable bonds is 4. The Balaban J connectivity index is 3.34. The number of halogens is 1. The van der Waals surface area contributed by atoms with E-state index < -0.39 is 0 Å². The van der Waals surface area contributed by atoms with Gasteiger partial charge in [0.25, 0.3) is 0 Å². The molecule has 0 aliphatic heterocycles. The highest BCUT2D eigenvalue weighted by Crippen LogP contribution is 2.35. The molecule has 15 heavy (non-hydrogen) atoms. The van der Waals surface area contributed by atoms with Crippen molar-refractivity contribution in [2.75, 3.05) is 21.3 Å². The number of methoxy groups -OCH3 is 3. The van der Waals surface area contributed by atoms with Crippen LogP contribution in [0, 0.1) is 0 Å². The summed E-state index contributed by atoms with van der Waals surface area (Å²) in [5, 5.41) is 0. The first-order valence-corrected chi connectivity index (χ1v) is 4.93. The summed E-state index contributed by atoms with van der Waals surface area (Å²) in [6.07, 6.45) is 0. The van der Waals surface area contributed by atoms with Gasteiger partial charge in [0, 0.05) is 6.07 Å². The molecule has 0 saturated heterocycles. The average Bonchev–Trinajstić information content (AvgIpc) is 2.26. The number of benzene rings is 1. The summed E-state index contributed by atoms with van der Waals surface area (Å²) in [5.41, 5.74) is 0.398. The quantitative estimate of drug-likeness (QED) is 0.790. The zero-order valence-electron chi connectivity index (χ0n) is 8.67. The average molecular weight is 275 g/mol. The molecule has 0 aromatic heterocycles. The van der Waals surface area contributed by atoms with Gasteiger partial charge in [-0.2, -0.15) is 0 Å². The molecular formula is C10H11BrO4. The van der Waals surface area contributed by atoms with Crippen molar-refractivity contribution in [3.05, 3.63) is 17.7 Å². The smallest absolute Gasteiger partial charge is 0.231 e. The van der Waals surface area contributed by atoms with Gasteiger partial charge in [-0.05, 0) is 22.0 Å². The summed E-state index contributed by atoms with van der Waals surface area (Å²) in [7, 11) is 4.51. The zero-order chi connectivity index (χ0) is 11.4. The molecule has 82 valence electrons. The highest BCUT2D eigenvalue weighted by atomic mass is 79.9. The molecule has 0 N–H and O–H groups in total. The third kappa shape index (κ3) is 2.41. The van der Waals surface area contributed by atoms with Crippen LogP contribution < -0.4 is 14.2 Å². The Hall–Kier alpha value is -1.23. The van der Waals surface area contributed by atoms with Crippen LogP contribution in [0.5, 0.6) is 17.2 Å². The molecule has 5 heteroatoms. The maximum absolute atomic E-state index is 11.2. The number of carbonyl (C=O) groups excluding carboxylic acids is 1. The monoisotopic (exact) mass is 274 g/mol. The third-order valence-electron chi connectivity index (χ3n) is 1.92. The summed E-state index contributed by atoms with van der Waals surface area (Å²) in [4.78, 5) is 11.2. The number of carbonyl (C=O) groups is 1. The van der Waals surface area contributed by atoms with Gasteiger partial charge in [0.1, 0.15) is 5.75 Å². The van der Waals surface area contributed by atoms with Gasteiger partial charge < -0.3 is 14.2 Å². The molecular weight excluding hydrogens is 264 g/mol. The van der Waals surface area contributed by atoms with E-state index >= 15 is 0 Å². The van der Waals surface area contributed by atoms with Gasteiger partial charge in [0.15, 0.2) is 11.5 Å². The molecule has 0 aliphatic carbocycles. The highest BCUT2D eigenvalue weighted by Gasteiger charge is 2.15. The first-order chi connectivity index (χ1) is 7.13. The molecule has 0 fully saturated rings. The zero-order valence-corrected chi connectivity index (χ0v) is 10.3. The third-order valence-corrected chi connectivity index (χ3v) is 2.34. The lowest BCUT2D eigenvalue weighted by Gasteiger charge is -2.11. The van der Waals surface area contributed by atoms with Crippen molar-refractivity contribution in [1.29, 1.82) is 0 Å². The summed E-state index contributed by atoms with van der Waals surface area (Å²) < 4.78 is 15.0. The van der Waals surface area contributed by atoms with Crippen LogP contribution >= 0.6 is 15.9 Å².